The molecule has 254 valence electrons. The maximum Gasteiger partial charge on any atom is 0.495 e. The first-order valence-electron chi connectivity index (χ1n) is 15.9. The quantitative estimate of drug-likeness (QED) is 0.283. The average molecular weight is 664 g/mol. The van der Waals surface area contributed by atoms with Crippen molar-refractivity contribution in [3.05, 3.63) is 76.7 Å². The molecule has 1 N–H and O–H groups in total. The maximum atomic E-state index is 13.2. The number of alkyl halides is 3. The molecule has 0 bridgehead atoms. The van der Waals surface area contributed by atoms with Gasteiger partial charge in [-0.3, -0.25) is 14.7 Å². The van der Waals surface area contributed by atoms with Gasteiger partial charge in [-0.1, -0.05) is 24.5 Å². The molecule has 2 unspecified atom stereocenters. The number of benzene rings is 1. The third kappa shape index (κ3) is 7.68. The first-order valence-corrected chi connectivity index (χ1v) is 15.9. The zero-order chi connectivity index (χ0) is 34.9. The van der Waals surface area contributed by atoms with Crippen LogP contribution in [0.1, 0.15) is 66.5 Å². The molecule has 3 aromatic rings. The molecule has 1 amide bonds. The minimum atomic E-state index is -4.66. The van der Waals surface area contributed by atoms with Crippen molar-refractivity contribution in [3.63, 3.8) is 0 Å². The summed E-state index contributed by atoms with van der Waals surface area (Å²) in [5.74, 6) is 6.42. The van der Waals surface area contributed by atoms with Gasteiger partial charge in [-0.05, 0) is 95.1 Å². The van der Waals surface area contributed by atoms with E-state index in [0.29, 0.717) is 36.6 Å². The molecule has 2 aliphatic heterocycles. The number of ether oxygens (including phenoxy) is 1. The van der Waals surface area contributed by atoms with Crippen LogP contribution in [0.4, 0.5) is 24.7 Å². The summed E-state index contributed by atoms with van der Waals surface area (Å²) in [4.78, 5) is 25.4. The molecule has 0 spiro atoms. The van der Waals surface area contributed by atoms with Gasteiger partial charge in [0.1, 0.15) is 17.2 Å². The zero-order valence-corrected chi connectivity index (χ0v) is 28.4. The van der Waals surface area contributed by atoms with Crippen molar-refractivity contribution in [1.29, 1.82) is 0 Å². The molecule has 2 atom stereocenters. The topological polar surface area (TPSA) is 89.0 Å². The van der Waals surface area contributed by atoms with E-state index in [4.69, 9.17) is 19.0 Å². The van der Waals surface area contributed by atoms with Gasteiger partial charge < -0.3 is 24.3 Å². The van der Waals surface area contributed by atoms with Crippen LogP contribution in [0, 0.1) is 18.8 Å². The van der Waals surface area contributed by atoms with Crippen LogP contribution in [-0.4, -0.2) is 86.0 Å². The smallest absolute Gasteiger partial charge is 0.399 e. The molecule has 0 saturated carbocycles. The van der Waals surface area contributed by atoms with Gasteiger partial charge in [-0.15, -0.1) is 0 Å². The third-order valence-electron chi connectivity index (χ3n) is 9.16. The first-order chi connectivity index (χ1) is 22.6. The molecule has 4 heterocycles. The summed E-state index contributed by atoms with van der Waals surface area (Å²) in [7, 11) is 3.16. The van der Waals surface area contributed by atoms with Gasteiger partial charge in [-0.2, -0.15) is 13.2 Å². The Labute approximate surface area is 280 Å². The molecule has 0 radical (unpaired) electrons. The van der Waals surface area contributed by atoms with Crippen LogP contribution in [0.3, 0.4) is 0 Å². The Balaban J connectivity index is 1.42. The van der Waals surface area contributed by atoms with Gasteiger partial charge in [0.25, 0.3) is 5.91 Å². The minimum Gasteiger partial charge on any atom is -0.399 e. The van der Waals surface area contributed by atoms with Crippen LogP contribution in [0.15, 0.2) is 48.7 Å². The second kappa shape index (κ2) is 13.9. The third-order valence-corrected chi connectivity index (χ3v) is 9.16. The van der Waals surface area contributed by atoms with Crippen molar-refractivity contribution in [3.8, 4) is 11.8 Å². The summed E-state index contributed by atoms with van der Waals surface area (Å²) in [6, 6.07) is 11.3. The Morgan fingerprint density at radius 3 is 2.52 bits per heavy atom. The van der Waals surface area contributed by atoms with E-state index in [1.165, 1.54) is 6.07 Å². The van der Waals surface area contributed by atoms with Crippen molar-refractivity contribution >= 4 is 30.0 Å². The number of hydrogen-bond acceptors (Lipinski definition) is 8. The fourth-order valence-corrected chi connectivity index (χ4v) is 5.84. The maximum absolute atomic E-state index is 13.2. The fraction of sp³-hybridized carbons (Fsp3) is 0.457. The standard InChI is InChI=1S/C35H41BF3N5O4/c1-23-10-11-28(42-32(45)25-12-13-40-30(20-25)35(37,38)39)22-29(23)36-47-33(3,4)34(5,48-36)24(2)26-19-27(9-8-14-43(6)7)41-31(21-26)44-15-17-46-18-16-44/h10-13,19-22,24H,14-18H2,1-7H3,(H,42,45). The molecule has 1 aromatic carbocycles. The lowest BCUT2D eigenvalue weighted by Crippen LogP contribution is -2.48. The van der Waals surface area contributed by atoms with Gasteiger partial charge in [0, 0.05) is 36.5 Å². The highest BCUT2D eigenvalue weighted by molar-refractivity contribution is 6.62. The number of amides is 1. The predicted octanol–water partition coefficient (Wildman–Crippen LogP) is 4.89. The van der Waals surface area contributed by atoms with Gasteiger partial charge >= 0.3 is 13.3 Å². The summed E-state index contributed by atoms with van der Waals surface area (Å²) in [6.07, 6.45) is -3.70. The number of aryl methyl sites for hydroxylation is 1. The lowest BCUT2D eigenvalue weighted by molar-refractivity contribution is -0.141. The number of nitrogens with one attached hydrogen (secondary N) is 1. The van der Waals surface area contributed by atoms with E-state index in [1.54, 1.807) is 12.1 Å². The second-order valence-electron chi connectivity index (χ2n) is 13.1. The van der Waals surface area contributed by atoms with Crippen molar-refractivity contribution in [1.82, 2.24) is 14.9 Å². The van der Waals surface area contributed by atoms with E-state index in [1.807, 2.05) is 58.8 Å². The van der Waals surface area contributed by atoms with Crippen molar-refractivity contribution in [2.75, 3.05) is 57.2 Å². The first kappa shape index (κ1) is 35.4. The Bertz CT molecular complexity index is 1720. The lowest BCUT2D eigenvalue weighted by Gasteiger charge is -2.41. The number of carbonyl (C=O) groups excluding carboxylic acids is 1. The van der Waals surface area contributed by atoms with Crippen LogP contribution >= 0.6 is 0 Å². The van der Waals surface area contributed by atoms with Crippen molar-refractivity contribution < 1.29 is 32.0 Å². The second-order valence-corrected chi connectivity index (χ2v) is 13.1. The summed E-state index contributed by atoms with van der Waals surface area (Å²) in [6.45, 7) is 13.4. The number of pyridine rings is 2. The molecule has 0 aliphatic carbocycles. The average Bonchev–Trinajstić information content (AvgIpc) is 3.29. The van der Waals surface area contributed by atoms with Crippen LogP contribution in [-0.2, 0) is 20.2 Å². The van der Waals surface area contributed by atoms with E-state index >= 15 is 0 Å². The van der Waals surface area contributed by atoms with Crippen LogP contribution in [0.25, 0.3) is 0 Å². The number of aromatic nitrogens is 2. The van der Waals surface area contributed by atoms with Crippen LogP contribution < -0.4 is 15.7 Å². The lowest BCUT2D eigenvalue weighted by atomic mass is 9.74. The Morgan fingerprint density at radius 2 is 1.83 bits per heavy atom. The predicted molar refractivity (Wildman–Crippen MR) is 180 cm³/mol. The molecule has 48 heavy (non-hydrogen) atoms. The van der Waals surface area contributed by atoms with Gasteiger partial charge in [0.2, 0.25) is 0 Å². The Morgan fingerprint density at radius 1 is 1.10 bits per heavy atom. The van der Waals surface area contributed by atoms with E-state index in [2.05, 4.69) is 40.0 Å². The number of rotatable bonds is 7. The Kier molecular flexibility index (Phi) is 10.2. The largest absolute Gasteiger partial charge is 0.495 e. The monoisotopic (exact) mass is 663 g/mol. The molecule has 2 fully saturated rings. The van der Waals surface area contributed by atoms with Gasteiger partial charge in [-0.25, -0.2) is 4.98 Å². The van der Waals surface area contributed by atoms with Crippen LogP contribution in [0.5, 0.6) is 0 Å². The number of morpholine rings is 1. The summed E-state index contributed by atoms with van der Waals surface area (Å²) >= 11 is 0. The summed E-state index contributed by atoms with van der Waals surface area (Å²) < 4.78 is 58.5. The zero-order valence-electron chi connectivity index (χ0n) is 28.4. The van der Waals surface area contributed by atoms with Crippen LogP contribution in [0.2, 0.25) is 0 Å². The highest BCUT2D eigenvalue weighted by Crippen LogP contribution is 2.47. The summed E-state index contributed by atoms with van der Waals surface area (Å²) in [5, 5.41) is 2.70. The van der Waals surface area contributed by atoms with Crippen molar-refractivity contribution in [2.24, 2.45) is 0 Å². The fourth-order valence-electron chi connectivity index (χ4n) is 5.84. The normalized spacial score (nSPS) is 20.0. The summed E-state index contributed by atoms with van der Waals surface area (Å²) in [5.41, 5.74) is 0.774. The number of anilines is 2. The van der Waals surface area contributed by atoms with E-state index < -0.39 is 36.1 Å². The minimum absolute atomic E-state index is 0.157. The highest BCUT2D eigenvalue weighted by Gasteiger charge is 2.57. The molecule has 2 aromatic heterocycles. The van der Waals surface area contributed by atoms with Gasteiger partial charge in [0.05, 0.1) is 31.0 Å². The van der Waals surface area contributed by atoms with Crippen molar-refractivity contribution in [2.45, 2.75) is 57.9 Å². The van der Waals surface area contributed by atoms with Gasteiger partial charge in [0.15, 0.2) is 0 Å². The van der Waals surface area contributed by atoms with E-state index in [-0.39, 0.29) is 11.5 Å². The molecule has 13 heteroatoms. The molecular formula is C35H41BF3N5O4. The number of hydrogen-bond donors (Lipinski definition) is 1. The number of nitrogens with zero attached hydrogens (tertiary/aromatic N) is 4. The SMILES string of the molecule is Cc1ccc(NC(=O)c2ccnc(C(F)(F)F)c2)cc1B1OC(C)(C)C(C)(C(C)c2cc(C#CCN(C)C)nc(N3CCOCC3)c2)O1. The molecule has 2 aliphatic rings. The van der Waals surface area contributed by atoms with E-state index in [9.17, 15) is 18.0 Å². The Hall–Kier alpha value is -3.96. The number of carbonyl (C=O) groups is 1. The van der Waals surface area contributed by atoms with E-state index in [0.717, 1.165) is 42.3 Å². The highest BCUT2D eigenvalue weighted by atomic mass is 19.4. The molecule has 5 rings (SSSR count). The molecular weight excluding hydrogens is 622 g/mol. The molecule has 9 nitrogen and oxygen atoms in total. The number of halogens is 3. The molecule has 2 saturated heterocycles.